The molecule has 0 spiro atoms. The van der Waals surface area contributed by atoms with Crippen LogP contribution in [0.15, 0.2) is 21.4 Å². The van der Waals surface area contributed by atoms with Gasteiger partial charge in [-0.05, 0) is 19.9 Å². The van der Waals surface area contributed by atoms with Gasteiger partial charge in [0.2, 0.25) is 0 Å². The summed E-state index contributed by atoms with van der Waals surface area (Å²) in [7, 11) is 0. The van der Waals surface area contributed by atoms with Crippen molar-refractivity contribution in [1.82, 2.24) is 0 Å². The Morgan fingerprint density at radius 1 is 1.56 bits per heavy atom. The molecule has 4 heteroatoms. The number of allylic oxidation sites excluding steroid dienone is 1. The van der Waals surface area contributed by atoms with Gasteiger partial charge in [0.05, 0.1) is 12.2 Å². The second-order valence-corrected chi connectivity index (χ2v) is 3.89. The maximum Gasteiger partial charge on any atom is 0.345 e. The van der Waals surface area contributed by atoms with E-state index in [1.54, 1.807) is 18.2 Å². The molecule has 0 aliphatic carbocycles. The van der Waals surface area contributed by atoms with Crippen molar-refractivity contribution in [3.63, 3.8) is 0 Å². The summed E-state index contributed by atoms with van der Waals surface area (Å²) in [5.74, 6) is 0.864. The Morgan fingerprint density at radius 2 is 2.31 bits per heavy atom. The van der Waals surface area contributed by atoms with Crippen molar-refractivity contribution >= 4 is 6.08 Å². The SMILES string of the molecule is C/C=C/c1cc2c(c(=O)o1)[C@@H](O)CC(C)O2. The van der Waals surface area contributed by atoms with Crippen LogP contribution in [0.5, 0.6) is 5.75 Å². The molecule has 2 heterocycles. The molecule has 1 aromatic heterocycles. The van der Waals surface area contributed by atoms with Crippen LogP contribution in [-0.2, 0) is 0 Å². The molecule has 0 fully saturated rings. The Bertz CT molecular complexity index is 472. The molecule has 1 unspecified atom stereocenters. The highest BCUT2D eigenvalue weighted by Gasteiger charge is 2.28. The van der Waals surface area contributed by atoms with Crippen LogP contribution in [-0.4, -0.2) is 11.2 Å². The van der Waals surface area contributed by atoms with Crippen LogP contribution in [0.3, 0.4) is 0 Å². The highest BCUT2D eigenvalue weighted by atomic mass is 16.5. The summed E-state index contributed by atoms with van der Waals surface area (Å²) in [5, 5.41) is 9.78. The summed E-state index contributed by atoms with van der Waals surface area (Å²) < 4.78 is 10.6. The first-order valence-corrected chi connectivity index (χ1v) is 5.27. The zero-order chi connectivity index (χ0) is 11.7. The fraction of sp³-hybridized carbons (Fsp3) is 0.417. The van der Waals surface area contributed by atoms with E-state index in [0.717, 1.165) is 0 Å². The topological polar surface area (TPSA) is 59.7 Å². The lowest BCUT2D eigenvalue weighted by atomic mass is 10.0. The summed E-state index contributed by atoms with van der Waals surface area (Å²) >= 11 is 0. The predicted octanol–water partition coefficient (Wildman–Crippen LogP) is 1.88. The first kappa shape index (κ1) is 11.0. The number of hydrogen-bond donors (Lipinski definition) is 1. The number of rotatable bonds is 1. The highest BCUT2D eigenvalue weighted by Crippen LogP contribution is 2.32. The van der Waals surface area contributed by atoms with Crippen LogP contribution in [0.4, 0.5) is 0 Å². The second kappa shape index (κ2) is 4.14. The van der Waals surface area contributed by atoms with Gasteiger partial charge in [-0.25, -0.2) is 4.79 Å². The number of aliphatic hydroxyl groups is 1. The minimum Gasteiger partial charge on any atom is -0.490 e. The van der Waals surface area contributed by atoms with Crippen molar-refractivity contribution in [3.8, 4) is 5.75 Å². The quantitative estimate of drug-likeness (QED) is 0.788. The van der Waals surface area contributed by atoms with Crippen molar-refractivity contribution in [2.24, 2.45) is 0 Å². The molecular formula is C12H14O4. The van der Waals surface area contributed by atoms with Gasteiger partial charge in [-0.3, -0.25) is 0 Å². The lowest BCUT2D eigenvalue weighted by Crippen LogP contribution is -2.27. The van der Waals surface area contributed by atoms with Crippen molar-refractivity contribution in [2.75, 3.05) is 0 Å². The first-order chi connectivity index (χ1) is 7.61. The highest BCUT2D eigenvalue weighted by molar-refractivity contribution is 5.47. The molecule has 86 valence electrons. The van der Waals surface area contributed by atoms with Gasteiger partial charge < -0.3 is 14.3 Å². The molecule has 2 rings (SSSR count). The molecule has 4 nitrogen and oxygen atoms in total. The van der Waals surface area contributed by atoms with Gasteiger partial charge in [-0.1, -0.05) is 6.08 Å². The molecule has 1 aliphatic rings. The molecule has 16 heavy (non-hydrogen) atoms. The Kier molecular flexibility index (Phi) is 2.83. The lowest BCUT2D eigenvalue weighted by molar-refractivity contribution is 0.0704. The molecule has 0 saturated heterocycles. The van der Waals surface area contributed by atoms with Crippen molar-refractivity contribution in [2.45, 2.75) is 32.5 Å². The molecule has 0 radical (unpaired) electrons. The van der Waals surface area contributed by atoms with E-state index >= 15 is 0 Å². The van der Waals surface area contributed by atoms with E-state index in [1.807, 2.05) is 13.8 Å². The minimum absolute atomic E-state index is 0.0947. The number of hydrogen-bond acceptors (Lipinski definition) is 4. The fourth-order valence-electron chi connectivity index (χ4n) is 1.84. The molecule has 0 bridgehead atoms. The van der Waals surface area contributed by atoms with Crippen LogP contribution in [0.25, 0.3) is 6.08 Å². The predicted molar refractivity (Wildman–Crippen MR) is 59.4 cm³/mol. The Balaban J connectivity index is 2.54. The molecule has 0 aromatic carbocycles. The van der Waals surface area contributed by atoms with E-state index in [4.69, 9.17) is 9.15 Å². The Morgan fingerprint density at radius 3 is 3.00 bits per heavy atom. The van der Waals surface area contributed by atoms with Crippen LogP contribution in [0.2, 0.25) is 0 Å². The van der Waals surface area contributed by atoms with Crippen molar-refractivity contribution in [1.29, 1.82) is 0 Å². The maximum atomic E-state index is 11.6. The van der Waals surface area contributed by atoms with Crippen LogP contribution in [0.1, 0.15) is 37.7 Å². The standard InChI is InChI=1S/C12H14O4/c1-3-4-8-6-10-11(12(14)16-8)9(13)5-7(2)15-10/h3-4,6-7,9,13H,5H2,1-2H3/b4-3+/t7?,9-/m0/s1. The van der Waals surface area contributed by atoms with Crippen LogP contribution < -0.4 is 10.4 Å². The summed E-state index contributed by atoms with van der Waals surface area (Å²) in [4.78, 5) is 11.6. The average Bonchev–Trinajstić information content (AvgIpc) is 2.15. The van der Waals surface area contributed by atoms with Gasteiger partial charge in [-0.2, -0.15) is 0 Å². The zero-order valence-corrected chi connectivity index (χ0v) is 9.27. The smallest absolute Gasteiger partial charge is 0.345 e. The van der Waals surface area contributed by atoms with Gasteiger partial charge in [0.25, 0.3) is 0 Å². The largest absolute Gasteiger partial charge is 0.490 e. The third kappa shape index (κ3) is 1.88. The van der Waals surface area contributed by atoms with E-state index in [1.165, 1.54) is 0 Å². The minimum atomic E-state index is -0.797. The number of fused-ring (bicyclic) bond motifs is 1. The molecular weight excluding hydrogens is 208 g/mol. The Labute approximate surface area is 93.2 Å². The van der Waals surface area contributed by atoms with Gasteiger partial charge >= 0.3 is 5.63 Å². The first-order valence-electron chi connectivity index (χ1n) is 5.27. The van der Waals surface area contributed by atoms with E-state index in [2.05, 4.69) is 0 Å². The lowest BCUT2D eigenvalue weighted by Gasteiger charge is -2.26. The van der Waals surface area contributed by atoms with Gasteiger partial charge in [-0.15, -0.1) is 0 Å². The zero-order valence-electron chi connectivity index (χ0n) is 9.27. The molecule has 0 amide bonds. The number of ether oxygens (including phenoxy) is 1. The van der Waals surface area contributed by atoms with Gasteiger partial charge in [0, 0.05) is 12.5 Å². The van der Waals surface area contributed by atoms with Crippen LogP contribution >= 0.6 is 0 Å². The summed E-state index contributed by atoms with van der Waals surface area (Å²) in [6.45, 7) is 3.69. The third-order valence-corrected chi connectivity index (χ3v) is 2.52. The molecule has 1 aromatic rings. The van der Waals surface area contributed by atoms with Crippen molar-refractivity contribution < 1.29 is 14.3 Å². The van der Waals surface area contributed by atoms with E-state index < -0.39 is 11.7 Å². The van der Waals surface area contributed by atoms with E-state index in [9.17, 15) is 9.90 Å². The van der Waals surface area contributed by atoms with E-state index in [0.29, 0.717) is 17.9 Å². The van der Waals surface area contributed by atoms with Crippen LogP contribution in [0, 0.1) is 0 Å². The molecule has 1 N–H and O–H groups in total. The normalized spacial score (nSPS) is 24.2. The summed E-state index contributed by atoms with van der Waals surface area (Å²) in [6.07, 6.45) is 2.97. The maximum absolute atomic E-state index is 11.6. The molecule has 2 atom stereocenters. The average molecular weight is 222 g/mol. The summed E-state index contributed by atoms with van der Waals surface area (Å²) in [6, 6.07) is 1.63. The molecule has 0 saturated carbocycles. The fourth-order valence-corrected chi connectivity index (χ4v) is 1.84. The van der Waals surface area contributed by atoms with E-state index in [-0.39, 0.29) is 11.7 Å². The van der Waals surface area contributed by atoms with Gasteiger partial charge in [0.1, 0.15) is 17.1 Å². The van der Waals surface area contributed by atoms with Gasteiger partial charge in [0.15, 0.2) is 0 Å². The molecule has 1 aliphatic heterocycles. The monoisotopic (exact) mass is 222 g/mol. The van der Waals surface area contributed by atoms with Crippen molar-refractivity contribution in [3.05, 3.63) is 33.9 Å². The third-order valence-electron chi connectivity index (χ3n) is 2.52. The summed E-state index contributed by atoms with van der Waals surface area (Å²) in [5.41, 5.74) is -0.295. The second-order valence-electron chi connectivity index (χ2n) is 3.89. The number of aliphatic hydroxyl groups excluding tert-OH is 1. The Hall–Kier alpha value is -1.55.